The molecule has 0 radical (unpaired) electrons. The lowest BCUT2D eigenvalue weighted by molar-refractivity contribution is -0.146. The van der Waals surface area contributed by atoms with Crippen LogP contribution in [0.1, 0.15) is 48.6 Å². The summed E-state index contributed by atoms with van der Waals surface area (Å²) < 4.78 is 84.7. The Labute approximate surface area is 180 Å². The summed E-state index contributed by atoms with van der Waals surface area (Å²) >= 11 is 0. The van der Waals surface area contributed by atoms with Crippen molar-refractivity contribution in [2.75, 3.05) is 5.73 Å². The summed E-state index contributed by atoms with van der Waals surface area (Å²) in [6, 6.07) is 2.95. The van der Waals surface area contributed by atoms with E-state index in [-0.39, 0.29) is 29.9 Å². The van der Waals surface area contributed by atoms with Crippen molar-refractivity contribution >= 4 is 11.8 Å². The lowest BCUT2D eigenvalue weighted by Crippen LogP contribution is -2.24. The van der Waals surface area contributed by atoms with Gasteiger partial charge in [-0.1, -0.05) is 6.92 Å². The molecule has 0 saturated heterocycles. The van der Waals surface area contributed by atoms with Crippen LogP contribution in [0.5, 0.6) is 0 Å². The van der Waals surface area contributed by atoms with E-state index in [1.165, 1.54) is 0 Å². The van der Waals surface area contributed by atoms with E-state index < -0.39 is 36.1 Å². The molecule has 11 heteroatoms. The molecule has 0 saturated carbocycles. The number of aryl methyl sites for hydroxylation is 1. The minimum Gasteiger partial charge on any atom is -0.461 e. The summed E-state index contributed by atoms with van der Waals surface area (Å²) in [5, 5.41) is 4.23. The summed E-state index contributed by atoms with van der Waals surface area (Å²) in [7, 11) is 0. The number of fused-ring (bicyclic) bond motifs is 1. The Bertz CT molecular complexity index is 935. The summed E-state index contributed by atoms with van der Waals surface area (Å²) in [6.07, 6.45) is -7.79. The number of alkyl halides is 6. The molecule has 32 heavy (non-hydrogen) atoms. The van der Waals surface area contributed by atoms with Gasteiger partial charge in [0.1, 0.15) is 12.4 Å². The topological polar surface area (TPSA) is 70.1 Å². The molecule has 0 fully saturated rings. The van der Waals surface area contributed by atoms with Crippen molar-refractivity contribution in [1.29, 1.82) is 0 Å². The number of ether oxygens (including phenoxy) is 1. The second-order valence-corrected chi connectivity index (χ2v) is 8.15. The second kappa shape index (κ2) is 9.03. The summed E-state index contributed by atoms with van der Waals surface area (Å²) in [6.45, 7) is 1.95. The van der Waals surface area contributed by atoms with E-state index in [0.29, 0.717) is 37.3 Å². The molecule has 0 amide bonds. The minimum atomic E-state index is -4.95. The molecule has 0 bridgehead atoms. The molecule has 176 valence electrons. The number of aromatic nitrogens is 2. The van der Waals surface area contributed by atoms with Crippen LogP contribution in [-0.2, 0) is 41.5 Å². The molecule has 1 aromatic carbocycles. The van der Waals surface area contributed by atoms with Crippen molar-refractivity contribution in [2.45, 2.75) is 58.1 Å². The number of nitrogens with two attached hydrogens (primary N) is 1. The highest BCUT2D eigenvalue weighted by molar-refractivity contribution is 5.69. The summed E-state index contributed by atoms with van der Waals surface area (Å²) in [4.78, 5) is 12.3. The molecule has 2 atom stereocenters. The van der Waals surface area contributed by atoms with Crippen LogP contribution >= 0.6 is 0 Å². The van der Waals surface area contributed by atoms with Crippen LogP contribution < -0.4 is 5.73 Å². The number of carbonyl (C=O) groups is 1. The second-order valence-electron chi connectivity index (χ2n) is 8.15. The number of nitrogen functional groups attached to an aromatic ring is 1. The van der Waals surface area contributed by atoms with E-state index in [0.717, 1.165) is 12.1 Å². The largest absolute Gasteiger partial charge is 0.461 e. The van der Waals surface area contributed by atoms with Crippen molar-refractivity contribution in [3.8, 4) is 0 Å². The van der Waals surface area contributed by atoms with Crippen LogP contribution in [0.3, 0.4) is 0 Å². The number of esters is 1. The van der Waals surface area contributed by atoms with E-state index in [2.05, 4.69) is 5.10 Å². The fourth-order valence-corrected chi connectivity index (χ4v) is 3.96. The fraction of sp³-hybridized carbons (Fsp3) is 0.524. The van der Waals surface area contributed by atoms with E-state index in [9.17, 15) is 31.1 Å². The molecule has 2 N–H and O–H groups in total. The number of carbonyl (C=O) groups excluding carboxylic acids is 1. The maximum absolute atomic E-state index is 13.0. The van der Waals surface area contributed by atoms with E-state index in [1.54, 1.807) is 6.07 Å². The SMILES string of the molecule is CC1Cc2cc(N)nn2CCCC1CC(=O)OCc1cc(C(F)(F)F)cc(C(F)(F)F)c1. The van der Waals surface area contributed by atoms with E-state index in [1.807, 2.05) is 11.6 Å². The van der Waals surface area contributed by atoms with Crippen LogP contribution in [0.4, 0.5) is 32.2 Å². The van der Waals surface area contributed by atoms with Gasteiger partial charge < -0.3 is 10.5 Å². The van der Waals surface area contributed by atoms with Crippen LogP contribution in [0.2, 0.25) is 0 Å². The third-order valence-electron chi connectivity index (χ3n) is 5.64. The third kappa shape index (κ3) is 5.95. The number of rotatable bonds is 4. The van der Waals surface area contributed by atoms with Gasteiger partial charge in [-0.15, -0.1) is 0 Å². The van der Waals surface area contributed by atoms with E-state index >= 15 is 0 Å². The van der Waals surface area contributed by atoms with Gasteiger partial charge in [-0.05, 0) is 54.9 Å². The number of nitrogens with zero attached hydrogens (tertiary/aromatic N) is 2. The fourth-order valence-electron chi connectivity index (χ4n) is 3.96. The zero-order chi connectivity index (χ0) is 23.7. The van der Waals surface area contributed by atoms with Gasteiger partial charge >= 0.3 is 18.3 Å². The van der Waals surface area contributed by atoms with Gasteiger partial charge in [0.05, 0.1) is 11.1 Å². The van der Waals surface area contributed by atoms with Gasteiger partial charge in [-0.3, -0.25) is 9.48 Å². The van der Waals surface area contributed by atoms with Crippen LogP contribution in [-0.4, -0.2) is 15.7 Å². The highest BCUT2D eigenvalue weighted by Crippen LogP contribution is 2.36. The van der Waals surface area contributed by atoms with Gasteiger partial charge in [0.15, 0.2) is 0 Å². The molecule has 3 rings (SSSR count). The third-order valence-corrected chi connectivity index (χ3v) is 5.64. The number of anilines is 1. The van der Waals surface area contributed by atoms with Crippen LogP contribution in [0.15, 0.2) is 24.3 Å². The lowest BCUT2D eigenvalue weighted by atomic mass is 9.83. The predicted molar refractivity (Wildman–Crippen MR) is 103 cm³/mol. The first-order chi connectivity index (χ1) is 14.8. The standard InChI is InChI=1S/C21H23F6N3O2/c1-12-5-17-10-18(28)29-30(17)4-2-3-14(12)8-19(31)32-11-13-6-15(20(22,23)24)9-16(7-13)21(25,26)27/h6-7,9-10,12,14H,2-5,8,11H2,1H3,(H2,28,29). The van der Waals surface area contributed by atoms with Crippen molar-refractivity contribution in [1.82, 2.24) is 9.78 Å². The Morgan fingerprint density at radius 3 is 2.34 bits per heavy atom. The van der Waals surface area contributed by atoms with Gasteiger partial charge in [-0.2, -0.15) is 31.4 Å². The van der Waals surface area contributed by atoms with Crippen LogP contribution in [0, 0.1) is 11.8 Å². The molecule has 1 aliphatic rings. The Kier molecular flexibility index (Phi) is 6.75. The van der Waals surface area contributed by atoms with Gasteiger partial charge in [0, 0.05) is 24.7 Å². The predicted octanol–water partition coefficient (Wildman–Crippen LogP) is 5.23. The van der Waals surface area contributed by atoms with Gasteiger partial charge in [-0.25, -0.2) is 0 Å². The Hall–Kier alpha value is -2.72. The number of halogens is 6. The molecule has 1 aliphatic heterocycles. The molecule has 2 heterocycles. The molecule has 2 unspecified atom stereocenters. The number of hydrogen-bond acceptors (Lipinski definition) is 4. The number of benzene rings is 1. The molecular formula is C21H23F6N3O2. The lowest BCUT2D eigenvalue weighted by Gasteiger charge is -2.26. The normalized spacial score (nSPS) is 19.7. The Morgan fingerprint density at radius 2 is 1.75 bits per heavy atom. The van der Waals surface area contributed by atoms with Crippen molar-refractivity contribution in [3.05, 3.63) is 46.6 Å². The first-order valence-corrected chi connectivity index (χ1v) is 10.1. The Balaban J connectivity index is 1.65. The average Bonchev–Trinajstić information content (AvgIpc) is 3.01. The highest BCUT2D eigenvalue weighted by atomic mass is 19.4. The first-order valence-electron chi connectivity index (χ1n) is 10.1. The quantitative estimate of drug-likeness (QED) is 0.498. The molecular weight excluding hydrogens is 440 g/mol. The summed E-state index contributed by atoms with van der Waals surface area (Å²) in [5.41, 5.74) is 3.45. The Morgan fingerprint density at radius 1 is 1.12 bits per heavy atom. The van der Waals surface area contributed by atoms with Crippen LogP contribution in [0.25, 0.3) is 0 Å². The van der Waals surface area contributed by atoms with Crippen molar-refractivity contribution in [3.63, 3.8) is 0 Å². The zero-order valence-corrected chi connectivity index (χ0v) is 17.3. The first kappa shape index (κ1) is 23.9. The average molecular weight is 463 g/mol. The molecule has 5 nitrogen and oxygen atoms in total. The molecule has 0 spiro atoms. The highest BCUT2D eigenvalue weighted by Gasteiger charge is 2.37. The van der Waals surface area contributed by atoms with Crippen molar-refractivity contribution < 1.29 is 35.9 Å². The molecule has 0 aliphatic carbocycles. The smallest absolute Gasteiger partial charge is 0.416 e. The van der Waals surface area contributed by atoms with E-state index in [4.69, 9.17) is 10.5 Å². The summed E-state index contributed by atoms with van der Waals surface area (Å²) in [5.74, 6) is -0.200. The van der Waals surface area contributed by atoms with Gasteiger partial charge in [0.25, 0.3) is 0 Å². The minimum absolute atomic E-state index is 0.0237. The molecule has 1 aromatic heterocycles. The number of hydrogen-bond donors (Lipinski definition) is 1. The maximum Gasteiger partial charge on any atom is 0.416 e. The zero-order valence-electron chi connectivity index (χ0n) is 17.3. The van der Waals surface area contributed by atoms with Gasteiger partial charge in [0.2, 0.25) is 0 Å². The van der Waals surface area contributed by atoms with Crippen molar-refractivity contribution in [2.24, 2.45) is 11.8 Å². The monoisotopic (exact) mass is 463 g/mol. The maximum atomic E-state index is 13.0. The molecule has 2 aromatic rings.